The Kier molecular flexibility index (Phi) is 13.8. The number of hydrogen-bond acceptors (Lipinski definition) is 4. The number of carbonyl (C=O) groups is 2. The van der Waals surface area contributed by atoms with E-state index in [1.807, 2.05) is 6.08 Å². The lowest BCUT2D eigenvalue weighted by Gasteiger charge is -1.98. The summed E-state index contributed by atoms with van der Waals surface area (Å²) in [5, 5.41) is 26.5. The Morgan fingerprint density at radius 2 is 1.52 bits per heavy atom. The summed E-state index contributed by atoms with van der Waals surface area (Å²) in [6.07, 6.45) is 14.6. The van der Waals surface area contributed by atoms with Crippen molar-refractivity contribution in [3.8, 4) is 0 Å². The molecule has 0 saturated heterocycles. The quantitative estimate of drug-likeness (QED) is 0.149. The Morgan fingerprint density at radius 3 is 2.22 bits per heavy atom. The van der Waals surface area contributed by atoms with Crippen LogP contribution in [0.15, 0.2) is 36.1 Å². The standard InChI is InChI=1S/C18H28O5/c19-14-10-9-12-17(21)15-16(20)11-7-5-3-1-2-4-6-8-13-18(22)23/h5,7,9,12,15,19,21H,1-4,6,8,10-11,13-14H2,(H,22,23)/b7-5-,12-9+,17-15-. The van der Waals surface area contributed by atoms with Crippen molar-refractivity contribution in [1.29, 1.82) is 0 Å². The van der Waals surface area contributed by atoms with Gasteiger partial charge in [0.05, 0.1) is 0 Å². The summed E-state index contributed by atoms with van der Waals surface area (Å²) >= 11 is 0. The van der Waals surface area contributed by atoms with Crippen molar-refractivity contribution in [1.82, 2.24) is 0 Å². The van der Waals surface area contributed by atoms with Crippen molar-refractivity contribution >= 4 is 11.8 Å². The molecule has 130 valence electrons. The Hall–Kier alpha value is -1.88. The summed E-state index contributed by atoms with van der Waals surface area (Å²) in [6, 6.07) is 0. The van der Waals surface area contributed by atoms with Crippen LogP contribution in [0.4, 0.5) is 0 Å². The number of aliphatic hydroxyl groups excluding tert-OH is 2. The lowest BCUT2D eigenvalue weighted by Crippen LogP contribution is -1.93. The molecule has 0 aliphatic carbocycles. The molecule has 0 spiro atoms. The minimum absolute atomic E-state index is 0.0139. The third kappa shape index (κ3) is 16.3. The molecule has 0 fully saturated rings. The fourth-order valence-electron chi connectivity index (χ4n) is 1.94. The first-order valence-electron chi connectivity index (χ1n) is 8.14. The second-order valence-electron chi connectivity index (χ2n) is 5.33. The molecular weight excluding hydrogens is 296 g/mol. The maximum Gasteiger partial charge on any atom is 0.303 e. The van der Waals surface area contributed by atoms with E-state index in [-0.39, 0.29) is 31.0 Å². The highest BCUT2D eigenvalue weighted by molar-refractivity contribution is 5.91. The van der Waals surface area contributed by atoms with Crippen molar-refractivity contribution in [3.05, 3.63) is 36.1 Å². The largest absolute Gasteiger partial charge is 0.508 e. The second-order valence-corrected chi connectivity index (χ2v) is 5.33. The Labute approximate surface area is 138 Å². The van der Waals surface area contributed by atoms with Gasteiger partial charge >= 0.3 is 5.97 Å². The molecule has 0 aliphatic rings. The van der Waals surface area contributed by atoms with E-state index in [2.05, 4.69) is 0 Å². The van der Waals surface area contributed by atoms with E-state index >= 15 is 0 Å². The van der Waals surface area contributed by atoms with Crippen LogP contribution in [0.3, 0.4) is 0 Å². The molecule has 23 heavy (non-hydrogen) atoms. The van der Waals surface area contributed by atoms with Crippen molar-refractivity contribution < 1.29 is 24.9 Å². The molecule has 0 radical (unpaired) electrons. The SMILES string of the molecule is O=C(O)CCCCCCC/C=C\CC(=O)/C=C(O)/C=C/CCO. The van der Waals surface area contributed by atoms with E-state index in [4.69, 9.17) is 10.2 Å². The lowest BCUT2D eigenvalue weighted by atomic mass is 10.1. The highest BCUT2D eigenvalue weighted by atomic mass is 16.4. The Balaban J connectivity index is 3.64. The number of aliphatic hydroxyl groups is 2. The van der Waals surface area contributed by atoms with Gasteiger partial charge in [0.15, 0.2) is 5.78 Å². The van der Waals surface area contributed by atoms with Crippen LogP contribution in [-0.2, 0) is 9.59 Å². The summed E-state index contributed by atoms with van der Waals surface area (Å²) in [5.41, 5.74) is 0. The van der Waals surface area contributed by atoms with Crippen LogP contribution in [0, 0.1) is 0 Å². The summed E-state index contributed by atoms with van der Waals surface area (Å²) < 4.78 is 0. The van der Waals surface area contributed by atoms with Crippen LogP contribution in [-0.4, -0.2) is 33.7 Å². The van der Waals surface area contributed by atoms with Crippen molar-refractivity contribution in [2.24, 2.45) is 0 Å². The summed E-state index contributed by atoms with van der Waals surface area (Å²) in [6.45, 7) is 0.0139. The lowest BCUT2D eigenvalue weighted by molar-refractivity contribution is -0.137. The molecule has 0 rings (SSSR count). The van der Waals surface area contributed by atoms with E-state index < -0.39 is 5.97 Å². The maximum absolute atomic E-state index is 11.5. The van der Waals surface area contributed by atoms with Gasteiger partial charge in [-0.05, 0) is 31.8 Å². The number of rotatable bonds is 14. The van der Waals surface area contributed by atoms with Gasteiger partial charge in [0.2, 0.25) is 0 Å². The molecule has 0 aromatic rings. The first-order valence-corrected chi connectivity index (χ1v) is 8.14. The highest BCUT2D eigenvalue weighted by Crippen LogP contribution is 2.08. The zero-order valence-corrected chi connectivity index (χ0v) is 13.6. The molecular formula is C18H28O5. The van der Waals surface area contributed by atoms with Crippen LogP contribution < -0.4 is 0 Å². The molecule has 0 heterocycles. The number of ketones is 1. The smallest absolute Gasteiger partial charge is 0.303 e. The number of unbranched alkanes of at least 4 members (excludes halogenated alkanes) is 5. The second kappa shape index (κ2) is 15.0. The van der Waals surface area contributed by atoms with Gasteiger partial charge in [-0.25, -0.2) is 0 Å². The van der Waals surface area contributed by atoms with Crippen molar-refractivity contribution in [3.63, 3.8) is 0 Å². The Bertz CT molecular complexity index is 421. The highest BCUT2D eigenvalue weighted by Gasteiger charge is 1.97. The van der Waals surface area contributed by atoms with E-state index in [1.54, 1.807) is 12.2 Å². The van der Waals surface area contributed by atoms with Crippen LogP contribution in [0.1, 0.15) is 57.8 Å². The van der Waals surface area contributed by atoms with Gasteiger partial charge < -0.3 is 15.3 Å². The minimum atomic E-state index is -0.735. The molecule has 0 saturated carbocycles. The number of carbonyl (C=O) groups excluding carboxylic acids is 1. The summed E-state index contributed by atoms with van der Waals surface area (Å²) in [4.78, 5) is 21.9. The average molecular weight is 324 g/mol. The molecule has 0 aromatic carbocycles. The average Bonchev–Trinajstić information content (AvgIpc) is 2.49. The number of allylic oxidation sites excluding steroid dienone is 4. The van der Waals surface area contributed by atoms with Crippen LogP contribution in [0.2, 0.25) is 0 Å². The predicted octanol–water partition coefficient (Wildman–Crippen LogP) is 3.70. The van der Waals surface area contributed by atoms with E-state index in [1.165, 1.54) is 12.2 Å². The fourth-order valence-corrected chi connectivity index (χ4v) is 1.94. The number of carboxylic acids is 1. The van der Waals surface area contributed by atoms with E-state index in [0.29, 0.717) is 6.42 Å². The zero-order valence-electron chi connectivity index (χ0n) is 13.6. The molecule has 0 atom stereocenters. The van der Waals surface area contributed by atoms with Crippen molar-refractivity contribution in [2.75, 3.05) is 6.61 Å². The normalized spacial score (nSPS) is 12.3. The fraction of sp³-hybridized carbons (Fsp3) is 0.556. The minimum Gasteiger partial charge on any atom is -0.508 e. The third-order valence-electron chi connectivity index (χ3n) is 3.14. The van der Waals surface area contributed by atoms with Gasteiger partial charge in [-0.3, -0.25) is 9.59 Å². The monoisotopic (exact) mass is 324 g/mol. The Morgan fingerprint density at radius 1 is 0.826 bits per heavy atom. The predicted molar refractivity (Wildman–Crippen MR) is 90.3 cm³/mol. The van der Waals surface area contributed by atoms with Crippen molar-refractivity contribution in [2.45, 2.75) is 57.8 Å². The zero-order chi connectivity index (χ0) is 17.3. The van der Waals surface area contributed by atoms with E-state index in [9.17, 15) is 14.7 Å². The van der Waals surface area contributed by atoms with Gasteiger partial charge in [-0.1, -0.05) is 37.5 Å². The van der Waals surface area contributed by atoms with Crippen LogP contribution >= 0.6 is 0 Å². The first kappa shape index (κ1) is 21.1. The van der Waals surface area contributed by atoms with Gasteiger partial charge in [-0.15, -0.1) is 0 Å². The number of carboxylic acid groups (broad SMARTS) is 1. The maximum atomic E-state index is 11.5. The van der Waals surface area contributed by atoms with E-state index in [0.717, 1.165) is 38.5 Å². The molecule has 0 unspecified atom stereocenters. The van der Waals surface area contributed by atoms with Gasteiger partial charge in [-0.2, -0.15) is 0 Å². The molecule has 0 bridgehead atoms. The molecule has 5 heteroatoms. The van der Waals surface area contributed by atoms with Gasteiger partial charge in [0.25, 0.3) is 0 Å². The molecule has 0 aliphatic heterocycles. The number of hydrogen-bond donors (Lipinski definition) is 3. The molecule has 3 N–H and O–H groups in total. The third-order valence-corrected chi connectivity index (χ3v) is 3.14. The van der Waals surface area contributed by atoms with Gasteiger partial charge in [0.1, 0.15) is 5.76 Å². The topological polar surface area (TPSA) is 94.8 Å². The van der Waals surface area contributed by atoms with Crippen LogP contribution in [0.25, 0.3) is 0 Å². The molecule has 0 amide bonds. The number of aliphatic carboxylic acids is 1. The molecule has 5 nitrogen and oxygen atoms in total. The molecule has 0 aromatic heterocycles. The first-order chi connectivity index (χ1) is 11.1. The van der Waals surface area contributed by atoms with Crippen LogP contribution in [0.5, 0.6) is 0 Å². The summed E-state index contributed by atoms with van der Waals surface area (Å²) in [7, 11) is 0. The van der Waals surface area contributed by atoms with Gasteiger partial charge in [0, 0.05) is 25.5 Å². The summed E-state index contributed by atoms with van der Waals surface area (Å²) in [5.74, 6) is -0.999.